The monoisotopic (exact) mass is 318 g/mol. The third kappa shape index (κ3) is 3.05. The number of benzene rings is 1. The zero-order chi connectivity index (χ0) is 16.0. The molecule has 0 spiro atoms. The summed E-state index contributed by atoms with van der Waals surface area (Å²) in [6, 6.07) is 1.15. The predicted molar refractivity (Wildman–Crippen MR) is 74.4 cm³/mol. The molecule has 0 aliphatic carbocycles. The van der Waals surface area contributed by atoms with Crippen molar-refractivity contribution in [3.8, 4) is 0 Å². The molecule has 0 atom stereocenters. The fourth-order valence-corrected chi connectivity index (χ4v) is 2.66. The number of carbonyl (C=O) groups is 1. The number of halogens is 4. The van der Waals surface area contributed by atoms with Crippen molar-refractivity contribution >= 4 is 28.3 Å². The van der Waals surface area contributed by atoms with Gasteiger partial charge in [-0.15, -0.1) is 0 Å². The standard InChI is InChI=1S/C14H14ClF3N2O/c1-13(2,6-14(3,17)18)12(21)7-4-9(15)10(16)8-5-19-20-11(7)8/h4-5H,6H2,1-3H3,(H,19,20). The number of alkyl halides is 2. The van der Waals surface area contributed by atoms with Crippen molar-refractivity contribution in [3.63, 3.8) is 0 Å². The molecule has 3 nitrogen and oxygen atoms in total. The molecule has 1 aromatic carbocycles. The number of ketones is 1. The number of nitrogens with one attached hydrogen (secondary N) is 1. The van der Waals surface area contributed by atoms with Crippen LogP contribution < -0.4 is 0 Å². The average molecular weight is 319 g/mol. The second-order valence-corrected chi connectivity index (χ2v) is 6.25. The SMILES string of the molecule is CC(F)(F)CC(C)(C)C(=O)c1cc(Cl)c(F)c2cn[nH]c12. The molecule has 0 unspecified atom stereocenters. The lowest BCUT2D eigenvalue weighted by atomic mass is 9.79. The first kappa shape index (κ1) is 15.8. The van der Waals surface area contributed by atoms with Crippen molar-refractivity contribution in [2.75, 3.05) is 0 Å². The number of H-pyrrole nitrogens is 1. The van der Waals surface area contributed by atoms with Crippen LogP contribution in [0.1, 0.15) is 37.6 Å². The first-order valence-electron chi connectivity index (χ1n) is 6.26. The van der Waals surface area contributed by atoms with Crippen LogP contribution in [0.4, 0.5) is 13.2 Å². The Balaban J connectivity index is 2.54. The van der Waals surface area contributed by atoms with E-state index in [1.807, 2.05) is 0 Å². The van der Waals surface area contributed by atoms with E-state index in [0.29, 0.717) is 0 Å². The van der Waals surface area contributed by atoms with Gasteiger partial charge in [0.1, 0.15) is 0 Å². The predicted octanol–water partition coefficient (Wildman–Crippen LogP) is 4.61. The Morgan fingerprint density at radius 3 is 2.57 bits per heavy atom. The number of fused-ring (bicyclic) bond motifs is 1. The highest BCUT2D eigenvalue weighted by molar-refractivity contribution is 6.32. The van der Waals surface area contributed by atoms with E-state index in [-0.39, 0.29) is 21.5 Å². The van der Waals surface area contributed by atoms with Crippen molar-refractivity contribution in [3.05, 3.63) is 28.7 Å². The van der Waals surface area contributed by atoms with Crippen molar-refractivity contribution in [1.29, 1.82) is 0 Å². The number of carbonyl (C=O) groups excluding carboxylic acids is 1. The van der Waals surface area contributed by atoms with E-state index >= 15 is 0 Å². The highest BCUT2D eigenvalue weighted by Gasteiger charge is 2.39. The molecule has 2 aromatic rings. The maximum Gasteiger partial charge on any atom is 0.246 e. The number of rotatable bonds is 4. The summed E-state index contributed by atoms with van der Waals surface area (Å²) < 4.78 is 40.3. The van der Waals surface area contributed by atoms with E-state index in [9.17, 15) is 18.0 Å². The lowest BCUT2D eigenvalue weighted by molar-refractivity contribution is -0.0166. The number of Topliss-reactive ketones (excluding diaryl/α,β-unsaturated/α-hetero) is 1. The minimum Gasteiger partial charge on any atom is -0.293 e. The molecule has 1 heterocycles. The maximum absolute atomic E-state index is 13.8. The maximum atomic E-state index is 13.8. The van der Waals surface area contributed by atoms with Gasteiger partial charge in [0, 0.05) is 17.4 Å². The molecule has 1 N–H and O–H groups in total. The first-order valence-corrected chi connectivity index (χ1v) is 6.64. The van der Waals surface area contributed by atoms with Crippen LogP contribution in [0, 0.1) is 11.2 Å². The molecule has 0 radical (unpaired) electrons. The van der Waals surface area contributed by atoms with Gasteiger partial charge in [0.2, 0.25) is 5.92 Å². The summed E-state index contributed by atoms with van der Waals surface area (Å²) in [6.07, 6.45) is 0.582. The van der Waals surface area contributed by atoms with Gasteiger partial charge >= 0.3 is 0 Å². The molecule has 21 heavy (non-hydrogen) atoms. The Kier molecular flexibility index (Phi) is 3.78. The van der Waals surface area contributed by atoms with Gasteiger partial charge in [-0.1, -0.05) is 25.4 Å². The van der Waals surface area contributed by atoms with Crippen molar-refractivity contribution < 1.29 is 18.0 Å². The van der Waals surface area contributed by atoms with Gasteiger partial charge < -0.3 is 0 Å². The number of hydrogen-bond acceptors (Lipinski definition) is 2. The Morgan fingerprint density at radius 1 is 1.38 bits per heavy atom. The molecule has 0 bridgehead atoms. The van der Waals surface area contributed by atoms with Crippen LogP contribution in [-0.4, -0.2) is 21.9 Å². The fourth-order valence-electron chi connectivity index (χ4n) is 2.45. The van der Waals surface area contributed by atoms with Gasteiger partial charge in [0.05, 0.1) is 22.1 Å². The Hall–Kier alpha value is -1.56. The first-order chi connectivity index (χ1) is 9.53. The van der Waals surface area contributed by atoms with E-state index in [1.54, 1.807) is 0 Å². The third-order valence-electron chi connectivity index (χ3n) is 3.24. The molecule has 2 rings (SSSR count). The van der Waals surface area contributed by atoms with Crippen LogP contribution in [0.15, 0.2) is 12.3 Å². The summed E-state index contributed by atoms with van der Waals surface area (Å²) in [7, 11) is 0. The third-order valence-corrected chi connectivity index (χ3v) is 3.51. The van der Waals surface area contributed by atoms with Crippen LogP contribution in [-0.2, 0) is 0 Å². The zero-order valence-electron chi connectivity index (χ0n) is 11.7. The van der Waals surface area contributed by atoms with Gasteiger partial charge in [0.15, 0.2) is 11.6 Å². The van der Waals surface area contributed by atoms with Gasteiger partial charge in [-0.05, 0) is 13.0 Å². The van der Waals surface area contributed by atoms with E-state index in [0.717, 1.165) is 13.0 Å². The molecule has 0 fully saturated rings. The van der Waals surface area contributed by atoms with Crippen LogP contribution in [0.25, 0.3) is 10.9 Å². The molecule has 0 aliphatic heterocycles. The normalized spacial score (nSPS) is 12.9. The summed E-state index contributed by atoms with van der Waals surface area (Å²) >= 11 is 5.76. The summed E-state index contributed by atoms with van der Waals surface area (Å²) in [5, 5.41) is 6.01. The number of nitrogens with zero attached hydrogens (tertiary/aromatic N) is 1. The highest BCUT2D eigenvalue weighted by Crippen LogP contribution is 2.37. The Bertz CT molecular complexity index is 704. The lowest BCUT2D eigenvalue weighted by Crippen LogP contribution is -2.31. The molecule has 114 valence electrons. The second-order valence-electron chi connectivity index (χ2n) is 5.84. The van der Waals surface area contributed by atoms with Crippen LogP contribution >= 0.6 is 11.6 Å². The van der Waals surface area contributed by atoms with E-state index in [4.69, 9.17) is 11.6 Å². The molecule has 7 heteroatoms. The Labute approximate surface area is 124 Å². The summed E-state index contributed by atoms with van der Waals surface area (Å²) in [5.74, 6) is -4.23. The highest BCUT2D eigenvalue weighted by atomic mass is 35.5. The van der Waals surface area contributed by atoms with Crippen LogP contribution in [0.5, 0.6) is 0 Å². The van der Waals surface area contributed by atoms with Gasteiger partial charge in [0.25, 0.3) is 0 Å². The molecular weight excluding hydrogens is 305 g/mol. The minimum atomic E-state index is -2.99. The second kappa shape index (κ2) is 5.02. The number of hydrogen-bond donors (Lipinski definition) is 1. The van der Waals surface area contributed by atoms with Crippen LogP contribution in [0.3, 0.4) is 0 Å². The summed E-state index contributed by atoms with van der Waals surface area (Å²) in [4.78, 5) is 12.6. The number of aromatic nitrogens is 2. The van der Waals surface area contributed by atoms with E-state index in [2.05, 4.69) is 10.2 Å². The molecule has 0 aliphatic rings. The van der Waals surface area contributed by atoms with Crippen LogP contribution in [0.2, 0.25) is 5.02 Å². The van der Waals surface area contributed by atoms with Gasteiger partial charge in [-0.2, -0.15) is 5.10 Å². The van der Waals surface area contributed by atoms with Crippen molar-refractivity contribution in [2.24, 2.45) is 5.41 Å². The smallest absolute Gasteiger partial charge is 0.246 e. The molecule has 1 aromatic heterocycles. The molecular formula is C14H14ClF3N2O. The van der Waals surface area contributed by atoms with Crippen molar-refractivity contribution in [2.45, 2.75) is 33.1 Å². The van der Waals surface area contributed by atoms with Crippen molar-refractivity contribution in [1.82, 2.24) is 10.2 Å². The fraction of sp³-hybridized carbons (Fsp3) is 0.429. The minimum absolute atomic E-state index is 0.0585. The molecule has 0 saturated carbocycles. The summed E-state index contributed by atoms with van der Waals surface area (Å²) in [6.45, 7) is 3.60. The van der Waals surface area contributed by atoms with Gasteiger partial charge in [-0.25, -0.2) is 13.2 Å². The molecule has 0 amide bonds. The lowest BCUT2D eigenvalue weighted by Gasteiger charge is -2.26. The summed E-state index contributed by atoms with van der Waals surface area (Å²) in [5.41, 5.74) is -1.10. The average Bonchev–Trinajstić information content (AvgIpc) is 2.79. The van der Waals surface area contributed by atoms with Gasteiger partial charge in [-0.3, -0.25) is 9.89 Å². The zero-order valence-corrected chi connectivity index (χ0v) is 12.5. The largest absolute Gasteiger partial charge is 0.293 e. The number of aromatic amines is 1. The van der Waals surface area contributed by atoms with E-state index < -0.39 is 29.4 Å². The topological polar surface area (TPSA) is 45.8 Å². The Morgan fingerprint density at radius 2 is 2.00 bits per heavy atom. The quantitative estimate of drug-likeness (QED) is 0.837. The van der Waals surface area contributed by atoms with E-state index in [1.165, 1.54) is 20.0 Å². The molecule has 0 saturated heterocycles.